The van der Waals surface area contributed by atoms with Crippen LogP contribution in [0.15, 0.2) is 24.4 Å². The number of benzene rings is 1. The van der Waals surface area contributed by atoms with Crippen LogP contribution < -0.4 is 0 Å². The molecule has 27 heavy (non-hydrogen) atoms. The monoisotopic (exact) mass is 372 g/mol. The number of fused-ring (bicyclic) bond motifs is 1. The average Bonchev–Trinajstić information content (AvgIpc) is 3.00. The first-order chi connectivity index (χ1) is 12.6. The minimum Gasteiger partial charge on any atom is -0.465 e. The third-order valence-corrected chi connectivity index (χ3v) is 4.96. The van der Waals surface area contributed by atoms with Crippen molar-refractivity contribution in [3.05, 3.63) is 63.6 Å². The van der Waals surface area contributed by atoms with E-state index in [4.69, 9.17) is 4.74 Å². The highest BCUT2D eigenvalue weighted by Gasteiger charge is 2.25. The standard InChI is InChI=1S/C21H22F2N2O2/c1-11-6-14(21(4,22)23)7-19-16(11)8-15(25-19)9-17-12(2)18(20(26)27-5)10-24-13(17)3/h6-8,10,25H,9H2,1-5H3. The molecule has 0 bridgehead atoms. The minimum absolute atomic E-state index is 0.0115. The number of ether oxygens (including phenoxy) is 1. The van der Waals surface area contributed by atoms with Gasteiger partial charge in [0, 0.05) is 47.4 Å². The van der Waals surface area contributed by atoms with Gasteiger partial charge in [-0.15, -0.1) is 0 Å². The fraction of sp³-hybridized carbons (Fsp3) is 0.333. The number of methoxy groups -OCH3 is 1. The Labute approximate surface area is 156 Å². The highest BCUT2D eigenvalue weighted by molar-refractivity contribution is 5.91. The molecule has 6 heteroatoms. The van der Waals surface area contributed by atoms with Gasteiger partial charge in [0.05, 0.1) is 12.7 Å². The van der Waals surface area contributed by atoms with Gasteiger partial charge < -0.3 is 9.72 Å². The number of aromatic amines is 1. The zero-order chi connectivity index (χ0) is 19.9. The molecule has 0 fully saturated rings. The summed E-state index contributed by atoms with van der Waals surface area (Å²) in [5.74, 6) is -3.32. The molecule has 3 aromatic rings. The Morgan fingerprint density at radius 2 is 1.93 bits per heavy atom. The van der Waals surface area contributed by atoms with Crippen LogP contribution in [-0.2, 0) is 17.1 Å². The zero-order valence-electron chi connectivity index (χ0n) is 16.0. The fourth-order valence-electron chi connectivity index (χ4n) is 3.36. The molecule has 0 aliphatic rings. The maximum absolute atomic E-state index is 13.7. The number of nitrogens with one attached hydrogen (secondary N) is 1. The number of rotatable bonds is 4. The van der Waals surface area contributed by atoms with Crippen LogP contribution in [0.5, 0.6) is 0 Å². The van der Waals surface area contributed by atoms with E-state index >= 15 is 0 Å². The summed E-state index contributed by atoms with van der Waals surface area (Å²) in [4.78, 5) is 19.5. The number of aryl methyl sites for hydroxylation is 2. The average molecular weight is 372 g/mol. The van der Waals surface area contributed by atoms with Crippen LogP contribution in [0.2, 0.25) is 0 Å². The summed E-state index contributed by atoms with van der Waals surface area (Å²) in [7, 11) is 1.34. The fourth-order valence-corrected chi connectivity index (χ4v) is 3.36. The van der Waals surface area contributed by atoms with Crippen LogP contribution in [-0.4, -0.2) is 23.0 Å². The number of aromatic nitrogens is 2. The van der Waals surface area contributed by atoms with Crippen molar-refractivity contribution in [2.45, 2.75) is 40.0 Å². The van der Waals surface area contributed by atoms with E-state index in [0.29, 0.717) is 17.5 Å². The molecule has 0 unspecified atom stereocenters. The number of nitrogens with zero attached hydrogens (tertiary/aromatic N) is 1. The van der Waals surface area contributed by atoms with Crippen LogP contribution >= 0.6 is 0 Å². The first kappa shape index (κ1) is 19.0. The van der Waals surface area contributed by atoms with Gasteiger partial charge in [0.25, 0.3) is 5.92 Å². The van der Waals surface area contributed by atoms with Gasteiger partial charge in [-0.25, -0.2) is 13.6 Å². The summed E-state index contributed by atoms with van der Waals surface area (Å²) in [5, 5.41) is 0.908. The Morgan fingerprint density at radius 1 is 1.22 bits per heavy atom. The van der Waals surface area contributed by atoms with Gasteiger partial charge in [0.2, 0.25) is 0 Å². The Morgan fingerprint density at radius 3 is 2.56 bits per heavy atom. The Hall–Kier alpha value is -2.76. The van der Waals surface area contributed by atoms with Crippen molar-refractivity contribution in [1.29, 1.82) is 0 Å². The number of hydrogen-bond acceptors (Lipinski definition) is 3. The number of alkyl halides is 2. The number of hydrogen-bond donors (Lipinski definition) is 1. The molecule has 0 amide bonds. The van der Waals surface area contributed by atoms with Crippen LogP contribution in [0.25, 0.3) is 10.9 Å². The summed E-state index contributed by atoms with van der Waals surface area (Å²) in [6, 6.07) is 4.98. The lowest BCUT2D eigenvalue weighted by atomic mass is 9.98. The van der Waals surface area contributed by atoms with Gasteiger partial charge >= 0.3 is 5.97 Å². The Balaban J connectivity index is 2.05. The van der Waals surface area contributed by atoms with Gasteiger partial charge in [-0.1, -0.05) is 0 Å². The maximum atomic E-state index is 13.7. The van der Waals surface area contributed by atoms with Gasteiger partial charge in [0.1, 0.15) is 0 Å². The molecule has 0 saturated carbocycles. The second-order valence-corrected chi connectivity index (χ2v) is 6.97. The van der Waals surface area contributed by atoms with E-state index in [1.54, 1.807) is 0 Å². The van der Waals surface area contributed by atoms with Crippen molar-refractivity contribution in [2.24, 2.45) is 0 Å². The lowest BCUT2D eigenvalue weighted by molar-refractivity contribution is 0.0175. The van der Waals surface area contributed by atoms with E-state index < -0.39 is 11.9 Å². The number of halogens is 2. The van der Waals surface area contributed by atoms with Crippen molar-refractivity contribution in [3.8, 4) is 0 Å². The summed E-state index contributed by atoms with van der Waals surface area (Å²) < 4.78 is 32.2. The van der Waals surface area contributed by atoms with E-state index in [-0.39, 0.29) is 5.56 Å². The van der Waals surface area contributed by atoms with E-state index in [0.717, 1.165) is 40.4 Å². The van der Waals surface area contributed by atoms with E-state index in [1.165, 1.54) is 25.4 Å². The highest BCUT2D eigenvalue weighted by Crippen LogP contribution is 2.32. The summed E-state index contributed by atoms with van der Waals surface area (Å²) in [5.41, 5.74) is 5.31. The third-order valence-electron chi connectivity index (χ3n) is 4.96. The summed E-state index contributed by atoms with van der Waals surface area (Å²) >= 11 is 0. The Kier molecular flexibility index (Phi) is 4.76. The van der Waals surface area contributed by atoms with Crippen molar-refractivity contribution in [1.82, 2.24) is 9.97 Å². The van der Waals surface area contributed by atoms with E-state index in [1.807, 2.05) is 26.8 Å². The van der Waals surface area contributed by atoms with Gasteiger partial charge in [-0.05, 0) is 55.7 Å². The third kappa shape index (κ3) is 3.56. The first-order valence-electron chi connectivity index (χ1n) is 8.65. The smallest absolute Gasteiger partial charge is 0.339 e. The SMILES string of the molecule is COC(=O)c1cnc(C)c(Cc2cc3c(C)cc(C(C)(F)F)cc3[nH]2)c1C. The number of esters is 1. The van der Waals surface area contributed by atoms with Crippen molar-refractivity contribution < 1.29 is 18.3 Å². The maximum Gasteiger partial charge on any atom is 0.339 e. The number of carbonyl (C=O) groups is 1. The van der Waals surface area contributed by atoms with Crippen LogP contribution in [0, 0.1) is 20.8 Å². The second kappa shape index (κ2) is 6.76. The molecule has 1 N–H and O–H groups in total. The molecule has 1 aromatic carbocycles. The predicted molar refractivity (Wildman–Crippen MR) is 100 cm³/mol. The van der Waals surface area contributed by atoms with Crippen molar-refractivity contribution in [2.75, 3.05) is 7.11 Å². The quantitative estimate of drug-likeness (QED) is 0.658. The molecule has 3 rings (SSSR count). The normalized spacial score (nSPS) is 11.8. The van der Waals surface area contributed by atoms with Crippen LogP contribution in [0.3, 0.4) is 0 Å². The molecule has 0 saturated heterocycles. The summed E-state index contributed by atoms with van der Waals surface area (Å²) in [6.45, 7) is 6.46. The largest absolute Gasteiger partial charge is 0.465 e. The molecule has 0 aliphatic carbocycles. The number of carbonyl (C=O) groups excluding carboxylic acids is 1. The predicted octanol–water partition coefficient (Wildman–Crippen LogP) is 4.98. The zero-order valence-corrected chi connectivity index (χ0v) is 16.0. The molecule has 0 aliphatic heterocycles. The topological polar surface area (TPSA) is 55.0 Å². The molecular weight excluding hydrogens is 350 g/mol. The van der Waals surface area contributed by atoms with Crippen LogP contribution in [0.1, 0.15) is 50.9 Å². The molecule has 0 spiro atoms. The van der Waals surface area contributed by atoms with E-state index in [9.17, 15) is 13.6 Å². The molecule has 2 aromatic heterocycles. The molecule has 2 heterocycles. The Bertz CT molecular complexity index is 1030. The van der Waals surface area contributed by atoms with Gasteiger partial charge in [0.15, 0.2) is 0 Å². The minimum atomic E-state index is -2.89. The van der Waals surface area contributed by atoms with Gasteiger partial charge in [-0.2, -0.15) is 0 Å². The first-order valence-corrected chi connectivity index (χ1v) is 8.65. The molecule has 0 radical (unpaired) electrons. The molecular formula is C21H22F2N2O2. The molecule has 142 valence electrons. The van der Waals surface area contributed by atoms with Gasteiger partial charge in [-0.3, -0.25) is 4.98 Å². The lowest BCUT2D eigenvalue weighted by Gasteiger charge is -2.12. The highest BCUT2D eigenvalue weighted by atomic mass is 19.3. The van der Waals surface area contributed by atoms with Crippen LogP contribution in [0.4, 0.5) is 8.78 Å². The summed E-state index contributed by atoms with van der Waals surface area (Å²) in [6.07, 6.45) is 2.03. The number of pyridine rings is 1. The number of H-pyrrole nitrogens is 1. The molecule has 0 atom stereocenters. The lowest BCUT2D eigenvalue weighted by Crippen LogP contribution is -2.09. The van der Waals surface area contributed by atoms with Crippen molar-refractivity contribution in [3.63, 3.8) is 0 Å². The van der Waals surface area contributed by atoms with E-state index in [2.05, 4.69) is 9.97 Å². The molecule has 4 nitrogen and oxygen atoms in total. The second-order valence-electron chi connectivity index (χ2n) is 6.97. The van der Waals surface area contributed by atoms with Crippen molar-refractivity contribution >= 4 is 16.9 Å².